The Hall–Kier alpha value is -0.770. The second-order valence-electron chi connectivity index (χ2n) is 7.37. The summed E-state index contributed by atoms with van der Waals surface area (Å²) in [4.78, 5) is 2.40. The number of sulfonamides is 1. The third-order valence-corrected chi connectivity index (χ3v) is 7.54. The van der Waals surface area contributed by atoms with Crippen LogP contribution in [-0.4, -0.2) is 44.5 Å². The number of rotatable bonds is 6. The van der Waals surface area contributed by atoms with Crippen LogP contribution >= 0.6 is 11.8 Å². The second-order valence-corrected chi connectivity index (χ2v) is 10.2. The van der Waals surface area contributed by atoms with Crippen LogP contribution < -0.4 is 4.72 Å². The Morgan fingerprint density at radius 1 is 1.04 bits per heavy atom. The minimum Gasteiger partial charge on any atom is -0.303 e. The molecule has 152 valence electrons. The molecular weight excluding hydrogens is 397 g/mol. The number of halogens is 3. The number of benzene rings is 1. The van der Waals surface area contributed by atoms with Crippen molar-refractivity contribution in [3.63, 3.8) is 0 Å². The Kier molecular flexibility index (Phi) is 6.76. The molecule has 0 aromatic heterocycles. The molecule has 1 saturated carbocycles. The van der Waals surface area contributed by atoms with E-state index in [-0.39, 0.29) is 27.6 Å². The summed E-state index contributed by atoms with van der Waals surface area (Å²) in [5.74, 6) is 0.784. The third-order valence-electron chi connectivity index (χ3n) is 5.27. The number of thioether (sulfide) groups is 1. The van der Waals surface area contributed by atoms with Gasteiger partial charge in [0.1, 0.15) is 0 Å². The molecule has 0 atom stereocenters. The molecule has 0 amide bonds. The fourth-order valence-electron chi connectivity index (χ4n) is 3.90. The van der Waals surface area contributed by atoms with Gasteiger partial charge in [-0.1, -0.05) is 12.8 Å². The highest BCUT2D eigenvalue weighted by molar-refractivity contribution is 8.00. The van der Waals surface area contributed by atoms with Crippen LogP contribution in [0.1, 0.15) is 38.5 Å². The maximum Gasteiger partial charge on any atom is 0.446 e. The first-order valence-electron chi connectivity index (χ1n) is 9.32. The third kappa shape index (κ3) is 6.37. The molecule has 27 heavy (non-hydrogen) atoms. The summed E-state index contributed by atoms with van der Waals surface area (Å²) in [5.41, 5.74) is -4.38. The van der Waals surface area contributed by atoms with Crippen molar-refractivity contribution >= 4 is 21.8 Å². The molecule has 0 radical (unpaired) electrons. The lowest BCUT2D eigenvalue weighted by atomic mass is 10.0. The van der Waals surface area contributed by atoms with Gasteiger partial charge >= 0.3 is 5.51 Å². The molecule has 1 aromatic rings. The van der Waals surface area contributed by atoms with Crippen molar-refractivity contribution in [2.75, 3.05) is 19.6 Å². The Labute approximate surface area is 162 Å². The predicted molar refractivity (Wildman–Crippen MR) is 100 cm³/mol. The molecule has 1 aliphatic heterocycles. The molecule has 3 rings (SSSR count). The van der Waals surface area contributed by atoms with Gasteiger partial charge in [-0.15, -0.1) is 0 Å². The average Bonchev–Trinajstić information content (AvgIpc) is 3.08. The molecule has 4 nitrogen and oxygen atoms in total. The van der Waals surface area contributed by atoms with Gasteiger partial charge in [-0.2, -0.15) is 13.2 Å². The average molecular weight is 423 g/mol. The number of piperidine rings is 1. The minimum atomic E-state index is -4.38. The molecule has 0 unspecified atom stereocenters. The molecule has 2 fully saturated rings. The zero-order valence-corrected chi connectivity index (χ0v) is 16.7. The van der Waals surface area contributed by atoms with Crippen LogP contribution in [0.4, 0.5) is 13.2 Å². The highest BCUT2D eigenvalue weighted by Gasteiger charge is 2.30. The maximum atomic E-state index is 12.5. The summed E-state index contributed by atoms with van der Waals surface area (Å²) in [5, 5.41) is 0. The lowest BCUT2D eigenvalue weighted by Crippen LogP contribution is -2.45. The first-order chi connectivity index (χ1) is 12.7. The monoisotopic (exact) mass is 422 g/mol. The summed E-state index contributed by atoms with van der Waals surface area (Å²) in [7, 11) is -3.72. The number of hydrogen-bond donors (Lipinski definition) is 1. The van der Waals surface area contributed by atoms with E-state index in [4.69, 9.17) is 0 Å². The van der Waals surface area contributed by atoms with Gasteiger partial charge in [0.05, 0.1) is 4.90 Å². The quantitative estimate of drug-likeness (QED) is 0.697. The van der Waals surface area contributed by atoms with Crippen molar-refractivity contribution in [3.8, 4) is 0 Å². The lowest BCUT2D eigenvalue weighted by Gasteiger charge is -2.33. The number of hydrogen-bond acceptors (Lipinski definition) is 4. The van der Waals surface area contributed by atoms with E-state index in [1.54, 1.807) is 0 Å². The van der Waals surface area contributed by atoms with Crippen molar-refractivity contribution in [2.24, 2.45) is 5.92 Å². The molecule has 1 N–H and O–H groups in total. The molecule has 1 aromatic carbocycles. The summed E-state index contributed by atoms with van der Waals surface area (Å²) >= 11 is -0.252. The van der Waals surface area contributed by atoms with Crippen LogP contribution in [-0.2, 0) is 10.0 Å². The van der Waals surface area contributed by atoms with Gasteiger partial charge in [-0.3, -0.25) is 0 Å². The van der Waals surface area contributed by atoms with Crippen molar-refractivity contribution in [2.45, 2.75) is 59.9 Å². The molecule has 1 heterocycles. The Morgan fingerprint density at radius 2 is 1.63 bits per heavy atom. The first-order valence-corrected chi connectivity index (χ1v) is 11.6. The Balaban J connectivity index is 1.51. The van der Waals surface area contributed by atoms with Gasteiger partial charge in [0.15, 0.2) is 0 Å². The minimum absolute atomic E-state index is 0.00223. The fraction of sp³-hybridized carbons (Fsp3) is 0.667. The SMILES string of the molecule is O=S(=O)(NC1CCN(CC2CCCC2)CC1)c1ccc(SC(F)(F)F)cc1. The highest BCUT2D eigenvalue weighted by atomic mass is 32.2. The van der Waals surface area contributed by atoms with E-state index < -0.39 is 15.5 Å². The number of likely N-dealkylation sites (tertiary alicyclic amines) is 1. The largest absolute Gasteiger partial charge is 0.446 e. The second kappa shape index (κ2) is 8.71. The zero-order chi connectivity index (χ0) is 19.5. The Morgan fingerprint density at radius 3 is 2.19 bits per heavy atom. The van der Waals surface area contributed by atoms with E-state index in [0.29, 0.717) is 0 Å². The van der Waals surface area contributed by atoms with Gasteiger partial charge in [0.25, 0.3) is 0 Å². The lowest BCUT2D eigenvalue weighted by molar-refractivity contribution is -0.0328. The molecule has 0 spiro atoms. The number of nitrogens with one attached hydrogen (secondary N) is 1. The normalized spacial score (nSPS) is 21.0. The van der Waals surface area contributed by atoms with E-state index in [1.807, 2.05) is 0 Å². The van der Waals surface area contributed by atoms with E-state index in [2.05, 4.69) is 9.62 Å². The van der Waals surface area contributed by atoms with Gasteiger partial charge in [-0.05, 0) is 80.7 Å². The van der Waals surface area contributed by atoms with Crippen molar-refractivity contribution in [3.05, 3.63) is 24.3 Å². The van der Waals surface area contributed by atoms with E-state index in [0.717, 1.165) is 38.4 Å². The van der Waals surface area contributed by atoms with Crippen LogP contribution in [0.3, 0.4) is 0 Å². The van der Waals surface area contributed by atoms with Crippen molar-refractivity contribution < 1.29 is 21.6 Å². The standard InChI is InChI=1S/C18H25F3N2O2S2/c19-18(20,21)26-16-5-7-17(8-6-16)27(24,25)22-15-9-11-23(12-10-15)13-14-3-1-2-4-14/h5-8,14-15,22H,1-4,9-13H2. The van der Waals surface area contributed by atoms with Crippen LogP contribution in [0.15, 0.2) is 34.1 Å². The summed E-state index contributed by atoms with van der Waals surface area (Å²) in [6.45, 7) is 2.87. The van der Waals surface area contributed by atoms with Gasteiger partial charge in [0, 0.05) is 17.5 Å². The molecule has 1 saturated heterocycles. The summed E-state index contributed by atoms with van der Waals surface area (Å²) in [6.07, 6.45) is 6.76. The van der Waals surface area contributed by atoms with Crippen molar-refractivity contribution in [1.29, 1.82) is 0 Å². The van der Waals surface area contributed by atoms with Gasteiger partial charge in [-0.25, -0.2) is 13.1 Å². The molecule has 0 bridgehead atoms. The van der Waals surface area contributed by atoms with Crippen LogP contribution in [0.25, 0.3) is 0 Å². The highest BCUT2D eigenvalue weighted by Crippen LogP contribution is 2.37. The maximum absolute atomic E-state index is 12.5. The number of nitrogens with zero attached hydrogens (tertiary/aromatic N) is 1. The smallest absolute Gasteiger partial charge is 0.303 e. The van der Waals surface area contributed by atoms with Crippen LogP contribution in [0.2, 0.25) is 0 Å². The van der Waals surface area contributed by atoms with E-state index >= 15 is 0 Å². The van der Waals surface area contributed by atoms with Gasteiger partial charge < -0.3 is 4.90 Å². The molecule has 9 heteroatoms. The number of alkyl halides is 3. The zero-order valence-electron chi connectivity index (χ0n) is 15.0. The summed E-state index contributed by atoms with van der Waals surface area (Å²) in [6, 6.07) is 4.71. The van der Waals surface area contributed by atoms with Crippen LogP contribution in [0, 0.1) is 5.92 Å². The van der Waals surface area contributed by atoms with Crippen LogP contribution in [0.5, 0.6) is 0 Å². The predicted octanol–water partition coefficient (Wildman–Crippen LogP) is 4.23. The summed E-state index contributed by atoms with van der Waals surface area (Å²) < 4.78 is 64.8. The van der Waals surface area contributed by atoms with E-state index in [9.17, 15) is 21.6 Å². The molecule has 2 aliphatic rings. The fourth-order valence-corrected chi connectivity index (χ4v) is 5.74. The topological polar surface area (TPSA) is 49.4 Å². The van der Waals surface area contributed by atoms with E-state index in [1.165, 1.54) is 49.9 Å². The molecular formula is C18H25F3N2O2S2. The van der Waals surface area contributed by atoms with Crippen molar-refractivity contribution in [1.82, 2.24) is 9.62 Å². The Bertz CT molecular complexity index is 709. The molecule has 1 aliphatic carbocycles. The first kappa shape index (κ1) is 21.0. The van der Waals surface area contributed by atoms with Gasteiger partial charge in [0.2, 0.25) is 10.0 Å².